The van der Waals surface area contributed by atoms with Gasteiger partial charge in [0.1, 0.15) is 5.82 Å². The average molecular weight is 700 g/mol. The summed E-state index contributed by atoms with van der Waals surface area (Å²) in [5.41, 5.74) is 18.4. The summed E-state index contributed by atoms with van der Waals surface area (Å²) in [6, 6.07) is 8.40. The van der Waals surface area contributed by atoms with E-state index in [1.165, 1.54) is 0 Å². The van der Waals surface area contributed by atoms with Gasteiger partial charge in [-0.05, 0) is 63.7 Å². The van der Waals surface area contributed by atoms with Crippen LogP contribution in [-0.2, 0) is 16.7 Å². The zero-order valence-corrected chi connectivity index (χ0v) is 31.7. The lowest BCUT2D eigenvalue weighted by Crippen LogP contribution is -2.50. The van der Waals surface area contributed by atoms with Gasteiger partial charge in [0.05, 0.1) is 12.2 Å². The van der Waals surface area contributed by atoms with Crippen LogP contribution >= 0.6 is 0 Å². The molecule has 282 valence electrons. The Balaban J connectivity index is 0.000000348. The van der Waals surface area contributed by atoms with E-state index in [9.17, 15) is 9.59 Å². The van der Waals surface area contributed by atoms with Crippen LogP contribution in [0.5, 0.6) is 0 Å². The molecule has 0 spiro atoms. The lowest BCUT2D eigenvalue weighted by molar-refractivity contribution is 0.187. The molecule has 14 nitrogen and oxygen atoms in total. The molecule has 2 aromatic rings. The van der Waals surface area contributed by atoms with E-state index in [4.69, 9.17) is 21.9 Å². The summed E-state index contributed by atoms with van der Waals surface area (Å²) in [5, 5.41) is 12.9. The predicted octanol–water partition coefficient (Wildman–Crippen LogP) is 1.85. The van der Waals surface area contributed by atoms with Crippen LogP contribution in [0.25, 0.3) is 11.1 Å². The molecule has 1 aliphatic rings. The number of hydrogen-bond donors (Lipinski definition) is 8. The first-order chi connectivity index (χ1) is 23.5. The highest BCUT2D eigenvalue weighted by Crippen LogP contribution is 2.20. The highest BCUT2D eigenvalue weighted by Gasteiger charge is 2.33. The van der Waals surface area contributed by atoms with E-state index >= 15 is 0 Å². The topological polar surface area (TPSA) is 214 Å². The highest BCUT2D eigenvalue weighted by atomic mass is 16.5. The first kappa shape index (κ1) is 42.6. The number of rotatable bonds is 16. The van der Waals surface area contributed by atoms with Gasteiger partial charge in [0, 0.05) is 75.6 Å². The van der Waals surface area contributed by atoms with E-state index in [1.807, 2.05) is 65.8 Å². The van der Waals surface area contributed by atoms with Gasteiger partial charge in [0.25, 0.3) is 5.56 Å². The van der Waals surface area contributed by atoms with Crippen molar-refractivity contribution in [2.24, 2.45) is 28.1 Å². The maximum atomic E-state index is 12.4. The summed E-state index contributed by atoms with van der Waals surface area (Å²) < 4.78 is 5.08. The Hall–Kier alpha value is -3.56. The number of ether oxygens (including phenoxy) is 1. The molecule has 50 heavy (non-hydrogen) atoms. The van der Waals surface area contributed by atoms with Crippen molar-refractivity contribution < 1.29 is 9.53 Å². The van der Waals surface area contributed by atoms with Crippen LogP contribution in [0.1, 0.15) is 72.7 Å². The highest BCUT2D eigenvalue weighted by molar-refractivity contribution is 5.75. The molecule has 0 aliphatic carbocycles. The molecule has 1 aromatic heterocycles. The first-order valence-electron chi connectivity index (χ1n) is 17.7. The fourth-order valence-electron chi connectivity index (χ4n) is 5.43. The van der Waals surface area contributed by atoms with Crippen molar-refractivity contribution in [2.45, 2.75) is 90.9 Å². The van der Waals surface area contributed by atoms with Gasteiger partial charge < -0.3 is 48.2 Å². The molecule has 1 fully saturated rings. The molecule has 14 heteroatoms. The van der Waals surface area contributed by atoms with Crippen LogP contribution in [0, 0.1) is 5.92 Å². The second-order valence-corrected chi connectivity index (χ2v) is 15.2. The minimum Gasteiger partial charge on any atom is -0.383 e. The van der Waals surface area contributed by atoms with Gasteiger partial charge in [0.15, 0.2) is 5.96 Å². The van der Waals surface area contributed by atoms with Gasteiger partial charge in [-0.2, -0.15) is 0 Å². The summed E-state index contributed by atoms with van der Waals surface area (Å²) >= 11 is 0. The van der Waals surface area contributed by atoms with E-state index in [-0.39, 0.29) is 34.5 Å². The first-order valence-corrected chi connectivity index (χ1v) is 17.7. The normalized spacial score (nSPS) is 17.1. The summed E-state index contributed by atoms with van der Waals surface area (Å²) in [7, 11) is 1.71. The van der Waals surface area contributed by atoms with Gasteiger partial charge in [-0.3, -0.25) is 14.7 Å². The third-order valence-electron chi connectivity index (χ3n) is 8.07. The molecule has 2 amide bonds. The van der Waals surface area contributed by atoms with E-state index in [0.717, 1.165) is 63.2 Å². The van der Waals surface area contributed by atoms with Crippen molar-refractivity contribution in [3.8, 4) is 11.1 Å². The monoisotopic (exact) mass is 700 g/mol. The number of likely N-dealkylation sites (tertiary alicyclic amines) is 1. The fraction of sp³-hybridized carbons (Fsp3) is 0.667. The minimum absolute atomic E-state index is 0.0904. The smallest absolute Gasteiger partial charge is 0.315 e. The van der Waals surface area contributed by atoms with Crippen LogP contribution in [0.4, 0.5) is 4.79 Å². The molecule has 0 radical (unpaired) electrons. The number of H-pyrrole nitrogens is 1. The number of nitrogens with one attached hydrogen (secondary N) is 5. The number of methoxy groups -OCH3 is 1. The number of aliphatic imine (C=N–C) groups is 1. The second kappa shape index (κ2) is 21.0. The minimum atomic E-state index is -0.225. The van der Waals surface area contributed by atoms with Gasteiger partial charge in [-0.15, -0.1) is 0 Å². The van der Waals surface area contributed by atoms with Crippen LogP contribution in [0.15, 0.2) is 40.2 Å². The van der Waals surface area contributed by atoms with E-state index in [2.05, 4.69) is 48.1 Å². The second-order valence-electron chi connectivity index (χ2n) is 15.2. The quantitative estimate of drug-likeness (QED) is 0.0723. The van der Waals surface area contributed by atoms with Crippen LogP contribution < -0.4 is 44.0 Å². The van der Waals surface area contributed by atoms with E-state index < -0.39 is 0 Å². The Labute approximate surface area is 299 Å². The number of urea groups is 1. The molecule has 1 aromatic carbocycles. The molecular formula is C36H65N11O3. The molecule has 1 aliphatic heterocycles. The van der Waals surface area contributed by atoms with Crippen molar-refractivity contribution in [3.05, 3.63) is 52.2 Å². The lowest BCUT2D eigenvalue weighted by Gasteiger charge is -2.27. The predicted molar refractivity (Wildman–Crippen MR) is 204 cm³/mol. The van der Waals surface area contributed by atoms with Crippen molar-refractivity contribution in [1.29, 1.82) is 0 Å². The summed E-state index contributed by atoms with van der Waals surface area (Å²) in [6.45, 7) is 21.4. The Bertz CT molecular complexity index is 1360. The maximum absolute atomic E-state index is 12.4. The van der Waals surface area contributed by atoms with Crippen molar-refractivity contribution >= 4 is 12.0 Å². The van der Waals surface area contributed by atoms with E-state index in [0.29, 0.717) is 43.0 Å². The number of aromatic nitrogens is 2. The number of benzene rings is 1. The summed E-state index contributed by atoms with van der Waals surface area (Å²) in [6.07, 6.45) is 3.47. The SMILES string of the molecule is CC(C)(C)c1ncc(-c2ccc(CNCCCN=C(N)N)cc2)c(=O)[nH]1.COCCNC[C@@H]1C[C@@H](NC(=O)NC(C)(C)C)CN1C[C@@H](C)CN. The molecule has 3 rings (SSSR count). The van der Waals surface area contributed by atoms with Crippen molar-refractivity contribution in [2.75, 3.05) is 59.5 Å². The number of carbonyl (C=O) groups excluding carboxylic acids is 1. The summed E-state index contributed by atoms with van der Waals surface area (Å²) in [4.78, 5) is 38.1. The standard InChI is InChI=1S/C19H28N6O.C17H37N5O2/c1-19(2,3)17-24-12-15(16(26)25-17)14-7-5-13(6-8-14)11-22-9-4-10-23-18(20)21;1-13(9-18)11-22-12-14(20-16(23)21-17(2,3)4)8-15(22)10-19-6-7-24-5/h5-8,12,22H,4,9-11H2,1-3H3,(H4,20,21,23)(H,24,25,26);13-15,19H,6-12,18H2,1-5H3,(H2,20,21,23)/t;13-,14+,15-/m.0/s1. The van der Waals surface area contributed by atoms with Crippen molar-refractivity contribution in [1.82, 2.24) is 36.1 Å². The molecule has 11 N–H and O–H groups in total. The largest absolute Gasteiger partial charge is 0.383 e. The molecule has 0 bridgehead atoms. The molecule has 0 saturated carbocycles. The Morgan fingerprint density at radius 1 is 1.12 bits per heavy atom. The average Bonchev–Trinajstić information content (AvgIpc) is 3.40. The van der Waals surface area contributed by atoms with Crippen LogP contribution in [0.3, 0.4) is 0 Å². The van der Waals surface area contributed by atoms with Gasteiger partial charge in [-0.1, -0.05) is 52.0 Å². The summed E-state index contributed by atoms with van der Waals surface area (Å²) in [5.74, 6) is 1.27. The molecular weight excluding hydrogens is 634 g/mol. The molecule has 1 saturated heterocycles. The molecule has 3 atom stereocenters. The van der Waals surface area contributed by atoms with Gasteiger partial charge in [0.2, 0.25) is 0 Å². The maximum Gasteiger partial charge on any atom is 0.315 e. The number of aromatic amines is 1. The number of hydrogen-bond acceptors (Lipinski definition) is 9. The third kappa shape index (κ3) is 16.4. The number of amides is 2. The van der Waals surface area contributed by atoms with Crippen LogP contribution in [0.2, 0.25) is 0 Å². The number of nitrogens with two attached hydrogens (primary N) is 3. The van der Waals surface area contributed by atoms with Gasteiger partial charge >= 0.3 is 6.03 Å². The number of carbonyl (C=O) groups is 1. The number of guanidine groups is 1. The fourth-order valence-corrected chi connectivity index (χ4v) is 5.43. The zero-order chi connectivity index (χ0) is 37.3. The number of nitrogens with zero attached hydrogens (tertiary/aromatic N) is 3. The van der Waals surface area contributed by atoms with Crippen molar-refractivity contribution in [3.63, 3.8) is 0 Å². The third-order valence-corrected chi connectivity index (χ3v) is 8.07. The van der Waals surface area contributed by atoms with Gasteiger partial charge in [-0.25, -0.2) is 9.78 Å². The van der Waals surface area contributed by atoms with E-state index in [1.54, 1.807) is 13.3 Å². The Morgan fingerprint density at radius 3 is 2.40 bits per heavy atom. The molecule has 2 heterocycles. The Kier molecular flexibility index (Phi) is 17.9. The zero-order valence-electron chi connectivity index (χ0n) is 31.7. The Morgan fingerprint density at radius 2 is 1.82 bits per heavy atom. The molecule has 0 unspecified atom stereocenters. The lowest BCUT2D eigenvalue weighted by atomic mass is 9.95. The van der Waals surface area contributed by atoms with Crippen LogP contribution in [-0.4, -0.2) is 104 Å².